The van der Waals surface area contributed by atoms with Gasteiger partial charge < -0.3 is 14.2 Å². The molecule has 1 aromatic heterocycles. The summed E-state index contributed by atoms with van der Waals surface area (Å²) in [5.41, 5.74) is 3.03. The first-order chi connectivity index (χ1) is 15.3. The van der Waals surface area contributed by atoms with Crippen LogP contribution in [0.15, 0.2) is 41.5 Å². The van der Waals surface area contributed by atoms with Gasteiger partial charge >= 0.3 is 5.97 Å². The fourth-order valence-electron chi connectivity index (χ4n) is 2.62. The van der Waals surface area contributed by atoms with Crippen LogP contribution in [0.1, 0.15) is 15.2 Å². The van der Waals surface area contributed by atoms with Crippen molar-refractivity contribution >= 4 is 67.8 Å². The zero-order valence-electron chi connectivity index (χ0n) is 16.8. The molecule has 10 nitrogen and oxygen atoms in total. The third-order valence-electron chi connectivity index (χ3n) is 4.13. The summed E-state index contributed by atoms with van der Waals surface area (Å²) in [4.78, 5) is 34.5. The van der Waals surface area contributed by atoms with Crippen LogP contribution >= 0.6 is 33.9 Å². The summed E-state index contributed by atoms with van der Waals surface area (Å²) < 4.78 is 16.8. The minimum Gasteiger partial charge on any atom is -0.493 e. The number of hydrazone groups is 1. The van der Waals surface area contributed by atoms with Crippen molar-refractivity contribution in [1.82, 2.24) is 5.43 Å². The molecule has 0 aliphatic heterocycles. The summed E-state index contributed by atoms with van der Waals surface area (Å²) in [5, 5.41) is 15.5. The van der Waals surface area contributed by atoms with Crippen LogP contribution in [0.5, 0.6) is 11.5 Å². The molecule has 0 saturated carbocycles. The average Bonchev–Trinajstić information content (AvgIpc) is 3.21. The number of esters is 1. The van der Waals surface area contributed by atoms with Crippen LogP contribution in [0.2, 0.25) is 0 Å². The smallest absolute Gasteiger partial charge is 0.343 e. The number of thiophene rings is 1. The number of rotatable bonds is 8. The van der Waals surface area contributed by atoms with E-state index in [1.807, 2.05) is 22.6 Å². The predicted molar refractivity (Wildman–Crippen MR) is 127 cm³/mol. The maximum atomic E-state index is 12.4. The number of hydrogen-bond acceptors (Lipinski definition) is 9. The zero-order valence-corrected chi connectivity index (χ0v) is 19.8. The largest absolute Gasteiger partial charge is 0.493 e. The lowest BCUT2D eigenvalue weighted by molar-refractivity contribution is -0.384. The number of hydrogen-bond donors (Lipinski definition) is 1. The number of non-ortho nitro benzene ring substituents is 1. The molecule has 0 unspecified atom stereocenters. The number of nitrogens with zero attached hydrogens (tertiary/aromatic N) is 2. The highest BCUT2D eigenvalue weighted by Gasteiger charge is 2.15. The van der Waals surface area contributed by atoms with Crippen molar-refractivity contribution in [3.05, 3.63) is 60.5 Å². The SMILES string of the molecule is COC(=O)COc1c(I)cc(/C=N\NC(=O)c2cc3cc([N+](=O)[O-])ccc3s2)cc1OC. The van der Waals surface area contributed by atoms with Gasteiger partial charge in [0.2, 0.25) is 0 Å². The monoisotopic (exact) mass is 569 g/mol. The normalized spacial score (nSPS) is 10.8. The minimum absolute atomic E-state index is 0.0390. The number of carbonyl (C=O) groups excluding carboxylic acids is 2. The van der Waals surface area contributed by atoms with Gasteiger partial charge in [0.05, 0.1) is 33.8 Å². The fourth-order valence-corrected chi connectivity index (χ4v) is 4.34. The van der Waals surface area contributed by atoms with Gasteiger partial charge in [0.15, 0.2) is 18.1 Å². The molecule has 0 bridgehead atoms. The van der Waals surface area contributed by atoms with Crippen LogP contribution in [0.25, 0.3) is 10.1 Å². The highest BCUT2D eigenvalue weighted by Crippen LogP contribution is 2.33. The molecule has 3 rings (SSSR count). The second-order valence-corrected chi connectivity index (χ2v) is 8.43. The van der Waals surface area contributed by atoms with E-state index < -0.39 is 16.8 Å². The first kappa shape index (κ1) is 23.4. The van der Waals surface area contributed by atoms with Gasteiger partial charge in [-0.25, -0.2) is 10.2 Å². The summed E-state index contributed by atoms with van der Waals surface area (Å²) in [6.07, 6.45) is 1.44. The second-order valence-electron chi connectivity index (χ2n) is 6.19. The van der Waals surface area contributed by atoms with Crippen molar-refractivity contribution in [2.24, 2.45) is 5.10 Å². The van der Waals surface area contributed by atoms with Crippen LogP contribution in [-0.4, -0.2) is 43.8 Å². The summed E-state index contributed by atoms with van der Waals surface area (Å²) in [7, 11) is 2.73. The Kier molecular flexibility index (Phi) is 7.58. The maximum absolute atomic E-state index is 12.4. The molecule has 3 aromatic rings. The number of fused-ring (bicyclic) bond motifs is 1. The Labute approximate surface area is 199 Å². The van der Waals surface area contributed by atoms with Crippen LogP contribution in [-0.2, 0) is 9.53 Å². The molecule has 0 aliphatic rings. The number of nitrogens with one attached hydrogen (secondary N) is 1. The molecular formula is C20H16IN3O7S. The van der Waals surface area contributed by atoms with Gasteiger partial charge in [-0.15, -0.1) is 11.3 Å². The molecule has 0 fully saturated rings. The predicted octanol–water partition coefficient (Wildman–Crippen LogP) is 3.74. The lowest BCUT2D eigenvalue weighted by Crippen LogP contribution is -2.16. The highest BCUT2D eigenvalue weighted by atomic mass is 127. The topological polar surface area (TPSA) is 129 Å². The van der Waals surface area contributed by atoms with E-state index in [9.17, 15) is 19.7 Å². The first-order valence-corrected chi connectivity index (χ1v) is 10.8. The fraction of sp³-hybridized carbons (Fsp3) is 0.150. The van der Waals surface area contributed by atoms with Crippen LogP contribution in [0.4, 0.5) is 5.69 Å². The molecule has 0 aliphatic carbocycles. The standard InChI is InChI=1S/C20H16IN3O7S/c1-29-15-6-11(5-14(21)19(15)31-10-18(25)30-2)9-22-23-20(26)17-8-12-7-13(24(27)28)3-4-16(12)32-17/h3-9H,10H2,1-2H3,(H,23,26)/b22-9-. The Hall–Kier alpha value is -3.26. The number of ether oxygens (including phenoxy) is 3. The Bertz CT molecular complexity index is 1230. The van der Waals surface area contributed by atoms with Crippen molar-refractivity contribution < 1.29 is 28.7 Å². The van der Waals surface area contributed by atoms with Gasteiger partial charge in [0, 0.05) is 22.2 Å². The van der Waals surface area contributed by atoms with E-state index in [0.717, 1.165) is 4.70 Å². The number of halogens is 1. The number of nitro benzene ring substituents is 1. The quantitative estimate of drug-likeness (QED) is 0.144. The van der Waals surface area contributed by atoms with E-state index in [-0.39, 0.29) is 12.3 Å². The molecule has 2 aromatic carbocycles. The second kappa shape index (κ2) is 10.4. The molecule has 1 heterocycles. The Morgan fingerprint density at radius 3 is 2.72 bits per heavy atom. The molecule has 0 atom stereocenters. The highest BCUT2D eigenvalue weighted by molar-refractivity contribution is 14.1. The molecule has 0 radical (unpaired) electrons. The van der Waals surface area contributed by atoms with Gasteiger partial charge in [-0.05, 0) is 52.4 Å². The summed E-state index contributed by atoms with van der Waals surface area (Å²) in [6, 6.07) is 9.39. The summed E-state index contributed by atoms with van der Waals surface area (Å²) in [5.74, 6) is -0.185. The number of amides is 1. The van der Waals surface area contributed by atoms with E-state index in [1.165, 1.54) is 43.9 Å². The molecule has 12 heteroatoms. The molecular weight excluding hydrogens is 553 g/mol. The number of methoxy groups -OCH3 is 2. The van der Waals surface area contributed by atoms with Gasteiger partial charge in [-0.1, -0.05) is 0 Å². The number of nitro groups is 1. The van der Waals surface area contributed by atoms with Crippen LogP contribution in [0, 0.1) is 13.7 Å². The Morgan fingerprint density at radius 1 is 1.25 bits per heavy atom. The minimum atomic E-state index is -0.521. The summed E-state index contributed by atoms with van der Waals surface area (Å²) in [6.45, 7) is -0.259. The first-order valence-electron chi connectivity index (χ1n) is 8.91. The third kappa shape index (κ3) is 5.50. The number of carbonyl (C=O) groups is 2. The molecule has 1 N–H and O–H groups in total. The average molecular weight is 569 g/mol. The van der Waals surface area contributed by atoms with Gasteiger partial charge in [-0.2, -0.15) is 5.10 Å². The van der Waals surface area contributed by atoms with Gasteiger partial charge in [0.1, 0.15) is 0 Å². The zero-order chi connectivity index (χ0) is 23.3. The Morgan fingerprint density at radius 2 is 2.03 bits per heavy atom. The van der Waals surface area contributed by atoms with E-state index in [2.05, 4.69) is 15.3 Å². The molecule has 0 saturated heterocycles. The third-order valence-corrected chi connectivity index (χ3v) is 6.04. The van der Waals surface area contributed by atoms with Gasteiger partial charge in [0.25, 0.3) is 11.6 Å². The van der Waals surface area contributed by atoms with E-state index in [4.69, 9.17) is 9.47 Å². The Balaban J connectivity index is 1.71. The summed E-state index contributed by atoms with van der Waals surface area (Å²) >= 11 is 3.24. The van der Waals surface area contributed by atoms with Crippen LogP contribution < -0.4 is 14.9 Å². The van der Waals surface area contributed by atoms with Crippen molar-refractivity contribution in [2.75, 3.05) is 20.8 Å². The lowest BCUT2D eigenvalue weighted by atomic mass is 10.2. The van der Waals surface area contributed by atoms with Crippen molar-refractivity contribution in [1.29, 1.82) is 0 Å². The number of benzene rings is 2. The molecule has 0 spiro atoms. The van der Waals surface area contributed by atoms with Crippen LogP contribution in [0.3, 0.4) is 0 Å². The van der Waals surface area contributed by atoms with Crippen molar-refractivity contribution in [2.45, 2.75) is 0 Å². The molecule has 166 valence electrons. The maximum Gasteiger partial charge on any atom is 0.343 e. The van der Waals surface area contributed by atoms with E-state index >= 15 is 0 Å². The van der Waals surface area contributed by atoms with Crippen molar-refractivity contribution in [3.63, 3.8) is 0 Å². The molecule has 32 heavy (non-hydrogen) atoms. The van der Waals surface area contributed by atoms with E-state index in [1.54, 1.807) is 24.3 Å². The van der Waals surface area contributed by atoms with Gasteiger partial charge in [-0.3, -0.25) is 14.9 Å². The lowest BCUT2D eigenvalue weighted by Gasteiger charge is -2.12. The molecule has 1 amide bonds. The van der Waals surface area contributed by atoms with E-state index in [0.29, 0.717) is 30.9 Å². The van der Waals surface area contributed by atoms with Crippen molar-refractivity contribution in [3.8, 4) is 11.5 Å².